The first-order chi connectivity index (χ1) is 13.1. The van der Waals surface area contributed by atoms with E-state index in [1.807, 2.05) is 12.1 Å². The molecule has 0 amide bonds. The monoisotopic (exact) mass is 400 g/mol. The van der Waals surface area contributed by atoms with Crippen LogP contribution in [0.4, 0.5) is 0 Å². The first-order valence-electron chi connectivity index (χ1n) is 9.68. The van der Waals surface area contributed by atoms with Crippen LogP contribution >= 0.6 is 12.4 Å². The molecule has 4 nitrogen and oxygen atoms in total. The van der Waals surface area contributed by atoms with Crippen molar-refractivity contribution in [1.82, 2.24) is 10.3 Å². The molecule has 5 heteroatoms. The standard InChI is InChI=1S/C23H28N2O2.ClH/c1-14-11-20-19(13-18(14)16-7-9-24-10-8-16)15(2)23(25-20)17-5-6-21(26-3)22(12-17)27-4;/h5-6,11-13,16,24-25H,7-10H2,1-4H3;1H. The van der Waals surface area contributed by atoms with Crippen LogP contribution in [0, 0.1) is 13.8 Å². The number of ether oxygens (including phenoxy) is 2. The predicted octanol–water partition coefficient (Wildman–Crippen LogP) is 5.36. The van der Waals surface area contributed by atoms with Gasteiger partial charge >= 0.3 is 0 Å². The van der Waals surface area contributed by atoms with Gasteiger partial charge in [-0.25, -0.2) is 0 Å². The molecule has 0 spiro atoms. The van der Waals surface area contributed by atoms with Crippen LogP contribution in [0.1, 0.15) is 35.4 Å². The summed E-state index contributed by atoms with van der Waals surface area (Å²) in [5, 5.41) is 4.79. The van der Waals surface area contributed by atoms with Crippen molar-refractivity contribution in [1.29, 1.82) is 0 Å². The fraction of sp³-hybridized carbons (Fsp3) is 0.391. The Morgan fingerprint density at radius 2 is 1.64 bits per heavy atom. The number of methoxy groups -OCH3 is 2. The molecule has 1 aliphatic rings. The summed E-state index contributed by atoms with van der Waals surface area (Å²) in [5.74, 6) is 2.16. The van der Waals surface area contributed by atoms with Crippen LogP contribution in [0.25, 0.3) is 22.2 Å². The summed E-state index contributed by atoms with van der Waals surface area (Å²) >= 11 is 0. The number of aromatic nitrogens is 1. The van der Waals surface area contributed by atoms with Crippen molar-refractivity contribution < 1.29 is 9.47 Å². The lowest BCUT2D eigenvalue weighted by Crippen LogP contribution is -2.26. The van der Waals surface area contributed by atoms with Gasteiger partial charge in [-0.05, 0) is 92.7 Å². The van der Waals surface area contributed by atoms with Crippen LogP contribution in [0.15, 0.2) is 30.3 Å². The van der Waals surface area contributed by atoms with Crippen molar-refractivity contribution in [2.24, 2.45) is 0 Å². The molecule has 1 aromatic heterocycles. The zero-order valence-corrected chi connectivity index (χ0v) is 17.8. The Labute approximate surface area is 173 Å². The molecule has 2 heterocycles. The number of hydrogen-bond acceptors (Lipinski definition) is 3. The maximum absolute atomic E-state index is 5.49. The number of H-pyrrole nitrogens is 1. The molecule has 2 aromatic carbocycles. The minimum Gasteiger partial charge on any atom is -0.493 e. The number of halogens is 1. The van der Waals surface area contributed by atoms with Crippen molar-refractivity contribution in [2.75, 3.05) is 27.3 Å². The van der Waals surface area contributed by atoms with Crippen LogP contribution in [-0.4, -0.2) is 32.3 Å². The van der Waals surface area contributed by atoms with Gasteiger partial charge < -0.3 is 19.8 Å². The molecule has 150 valence electrons. The second-order valence-electron chi connectivity index (χ2n) is 7.47. The fourth-order valence-electron chi connectivity index (χ4n) is 4.35. The lowest BCUT2D eigenvalue weighted by Gasteiger charge is -2.24. The van der Waals surface area contributed by atoms with Gasteiger partial charge in [0.1, 0.15) is 0 Å². The maximum atomic E-state index is 5.49. The highest BCUT2D eigenvalue weighted by Gasteiger charge is 2.20. The molecule has 28 heavy (non-hydrogen) atoms. The summed E-state index contributed by atoms with van der Waals surface area (Å²) in [7, 11) is 3.34. The molecule has 1 saturated heterocycles. The van der Waals surface area contributed by atoms with E-state index >= 15 is 0 Å². The maximum Gasteiger partial charge on any atom is 0.161 e. The Bertz CT molecular complexity index is 974. The van der Waals surface area contributed by atoms with Gasteiger partial charge in [0.15, 0.2) is 11.5 Å². The lowest BCUT2D eigenvalue weighted by molar-refractivity contribution is 0.355. The molecule has 0 aliphatic carbocycles. The topological polar surface area (TPSA) is 46.3 Å². The lowest BCUT2D eigenvalue weighted by atomic mass is 9.86. The van der Waals surface area contributed by atoms with Crippen LogP contribution < -0.4 is 14.8 Å². The second-order valence-corrected chi connectivity index (χ2v) is 7.47. The molecule has 0 saturated carbocycles. The van der Waals surface area contributed by atoms with E-state index in [4.69, 9.17) is 9.47 Å². The predicted molar refractivity (Wildman–Crippen MR) is 118 cm³/mol. The molecule has 1 aliphatic heterocycles. The average molecular weight is 401 g/mol. The van der Waals surface area contributed by atoms with Crippen molar-refractivity contribution in [3.8, 4) is 22.8 Å². The van der Waals surface area contributed by atoms with E-state index in [0.717, 1.165) is 35.8 Å². The smallest absolute Gasteiger partial charge is 0.161 e. The van der Waals surface area contributed by atoms with Crippen molar-refractivity contribution in [3.63, 3.8) is 0 Å². The van der Waals surface area contributed by atoms with Gasteiger partial charge in [-0.3, -0.25) is 0 Å². The molecule has 4 rings (SSSR count). The largest absolute Gasteiger partial charge is 0.493 e. The van der Waals surface area contributed by atoms with Crippen LogP contribution in [-0.2, 0) is 0 Å². The Hall–Kier alpha value is -2.17. The van der Waals surface area contributed by atoms with Crippen LogP contribution in [0.2, 0.25) is 0 Å². The molecular formula is C23H29ClN2O2. The Morgan fingerprint density at radius 3 is 2.32 bits per heavy atom. The quantitative estimate of drug-likeness (QED) is 0.619. The number of benzene rings is 2. The summed E-state index contributed by atoms with van der Waals surface area (Å²) in [4.78, 5) is 3.63. The molecule has 0 atom stereocenters. The molecular weight excluding hydrogens is 372 g/mol. The third-order valence-electron chi connectivity index (χ3n) is 5.90. The van der Waals surface area contributed by atoms with Crippen LogP contribution in [0.5, 0.6) is 11.5 Å². The number of aryl methyl sites for hydroxylation is 2. The summed E-state index contributed by atoms with van der Waals surface area (Å²) in [6.07, 6.45) is 2.44. The van der Waals surface area contributed by atoms with Crippen molar-refractivity contribution >= 4 is 23.3 Å². The van der Waals surface area contributed by atoms with Crippen LogP contribution in [0.3, 0.4) is 0 Å². The highest BCUT2D eigenvalue weighted by Crippen LogP contribution is 2.38. The van der Waals surface area contributed by atoms with Gasteiger partial charge in [0.05, 0.1) is 14.2 Å². The Balaban J connectivity index is 0.00000225. The third kappa shape index (κ3) is 3.59. The average Bonchev–Trinajstić information content (AvgIpc) is 3.03. The van der Waals surface area contributed by atoms with E-state index in [9.17, 15) is 0 Å². The van der Waals surface area contributed by atoms with Gasteiger partial charge in [0, 0.05) is 22.2 Å². The van der Waals surface area contributed by atoms with Gasteiger partial charge in [-0.15, -0.1) is 12.4 Å². The highest BCUT2D eigenvalue weighted by molar-refractivity contribution is 5.92. The molecule has 2 N–H and O–H groups in total. The molecule has 0 radical (unpaired) electrons. The zero-order chi connectivity index (χ0) is 19.0. The number of hydrogen-bond donors (Lipinski definition) is 2. The zero-order valence-electron chi connectivity index (χ0n) is 17.0. The van der Waals surface area contributed by atoms with E-state index in [1.165, 1.54) is 40.4 Å². The first-order valence-corrected chi connectivity index (χ1v) is 9.68. The van der Waals surface area contributed by atoms with Crippen molar-refractivity contribution in [2.45, 2.75) is 32.6 Å². The minimum absolute atomic E-state index is 0. The minimum atomic E-state index is 0. The van der Waals surface area contributed by atoms with E-state index in [2.05, 4.69) is 42.3 Å². The number of rotatable bonds is 4. The SMILES string of the molecule is COc1ccc(-c2[nH]c3cc(C)c(C4CCNCC4)cc3c2C)cc1OC.Cl. The summed E-state index contributed by atoms with van der Waals surface area (Å²) in [6.45, 7) is 6.67. The van der Waals surface area contributed by atoms with Gasteiger partial charge in [0.2, 0.25) is 0 Å². The summed E-state index contributed by atoms with van der Waals surface area (Å²) < 4.78 is 10.9. The number of piperidine rings is 1. The van der Waals surface area contributed by atoms with E-state index in [-0.39, 0.29) is 12.4 Å². The number of aromatic amines is 1. The van der Waals surface area contributed by atoms with Gasteiger partial charge in [-0.2, -0.15) is 0 Å². The molecule has 0 unspecified atom stereocenters. The first kappa shape index (κ1) is 20.6. The van der Waals surface area contributed by atoms with Gasteiger partial charge in [-0.1, -0.05) is 0 Å². The highest BCUT2D eigenvalue weighted by atomic mass is 35.5. The summed E-state index contributed by atoms with van der Waals surface area (Å²) in [6, 6.07) is 10.8. The number of fused-ring (bicyclic) bond motifs is 1. The van der Waals surface area contributed by atoms with E-state index in [1.54, 1.807) is 14.2 Å². The third-order valence-corrected chi connectivity index (χ3v) is 5.90. The molecule has 3 aromatic rings. The fourth-order valence-corrected chi connectivity index (χ4v) is 4.35. The van der Waals surface area contributed by atoms with Crippen molar-refractivity contribution in [3.05, 3.63) is 47.0 Å². The Kier molecular flexibility index (Phi) is 6.21. The van der Waals surface area contributed by atoms with Gasteiger partial charge in [0.25, 0.3) is 0 Å². The second kappa shape index (κ2) is 8.46. The number of nitrogens with one attached hydrogen (secondary N) is 2. The molecule has 0 bridgehead atoms. The Morgan fingerprint density at radius 1 is 0.929 bits per heavy atom. The van der Waals surface area contributed by atoms with E-state index < -0.39 is 0 Å². The summed E-state index contributed by atoms with van der Waals surface area (Å²) in [5.41, 5.74) is 7.63. The normalized spacial score (nSPS) is 14.7. The van der Waals surface area contributed by atoms with E-state index in [0.29, 0.717) is 5.92 Å². The molecule has 1 fully saturated rings.